The van der Waals surface area contributed by atoms with Gasteiger partial charge in [0.15, 0.2) is 0 Å². The summed E-state index contributed by atoms with van der Waals surface area (Å²) in [6.45, 7) is 5.30. The summed E-state index contributed by atoms with van der Waals surface area (Å²) in [6.07, 6.45) is 3.35. The van der Waals surface area contributed by atoms with Crippen molar-refractivity contribution in [1.29, 1.82) is 0 Å². The standard InChI is InChI=1S/C14H21NO2/c1-2-9-16-10-11-17-14-7-3-6-13-12(14)5-4-8-15-13/h3,6-7,15H,2,4-5,8-11H2,1H3. The van der Waals surface area contributed by atoms with Crippen molar-refractivity contribution in [3.8, 4) is 5.75 Å². The number of hydrogen-bond donors (Lipinski definition) is 1. The molecule has 0 radical (unpaired) electrons. The minimum atomic E-state index is 0.635. The Morgan fingerprint density at radius 2 is 2.18 bits per heavy atom. The van der Waals surface area contributed by atoms with Crippen LogP contribution in [0.2, 0.25) is 0 Å². The largest absolute Gasteiger partial charge is 0.491 e. The van der Waals surface area contributed by atoms with E-state index in [2.05, 4.69) is 18.3 Å². The van der Waals surface area contributed by atoms with Crippen molar-refractivity contribution in [3.05, 3.63) is 23.8 Å². The zero-order chi connectivity index (χ0) is 11.9. The molecule has 3 heteroatoms. The maximum absolute atomic E-state index is 5.79. The summed E-state index contributed by atoms with van der Waals surface area (Å²) in [4.78, 5) is 0. The van der Waals surface area contributed by atoms with Gasteiger partial charge in [0, 0.05) is 24.4 Å². The Hall–Kier alpha value is -1.22. The number of hydrogen-bond acceptors (Lipinski definition) is 3. The fraction of sp³-hybridized carbons (Fsp3) is 0.571. The molecular weight excluding hydrogens is 214 g/mol. The number of rotatable bonds is 6. The minimum Gasteiger partial charge on any atom is -0.491 e. The van der Waals surface area contributed by atoms with Crippen LogP contribution in [0, 0.1) is 0 Å². The van der Waals surface area contributed by atoms with Gasteiger partial charge in [0.1, 0.15) is 12.4 Å². The highest BCUT2D eigenvalue weighted by molar-refractivity contribution is 5.58. The normalized spacial score (nSPS) is 13.9. The Labute approximate surface area is 103 Å². The molecule has 0 aliphatic carbocycles. The Balaban J connectivity index is 1.87. The predicted octanol–water partition coefficient (Wildman–Crippen LogP) is 2.85. The summed E-state index contributed by atoms with van der Waals surface area (Å²) in [5, 5.41) is 3.40. The second-order valence-corrected chi connectivity index (χ2v) is 4.27. The molecule has 0 aromatic heterocycles. The van der Waals surface area contributed by atoms with Gasteiger partial charge in [0.2, 0.25) is 0 Å². The summed E-state index contributed by atoms with van der Waals surface area (Å²) in [5.41, 5.74) is 2.54. The van der Waals surface area contributed by atoms with Gasteiger partial charge in [-0.25, -0.2) is 0 Å². The van der Waals surface area contributed by atoms with Gasteiger partial charge in [-0.15, -0.1) is 0 Å². The van der Waals surface area contributed by atoms with Gasteiger partial charge in [-0.3, -0.25) is 0 Å². The molecule has 1 aliphatic rings. The van der Waals surface area contributed by atoms with Crippen LogP contribution in [0.4, 0.5) is 5.69 Å². The van der Waals surface area contributed by atoms with Crippen LogP contribution in [-0.4, -0.2) is 26.4 Å². The molecule has 0 saturated heterocycles. The lowest BCUT2D eigenvalue weighted by atomic mass is 10.0. The Bertz CT molecular complexity index is 352. The molecule has 1 aliphatic heterocycles. The van der Waals surface area contributed by atoms with Crippen LogP contribution >= 0.6 is 0 Å². The highest BCUT2D eigenvalue weighted by atomic mass is 16.5. The van der Waals surface area contributed by atoms with Crippen molar-refractivity contribution in [3.63, 3.8) is 0 Å². The molecule has 0 spiro atoms. The smallest absolute Gasteiger partial charge is 0.124 e. The van der Waals surface area contributed by atoms with Gasteiger partial charge in [0.25, 0.3) is 0 Å². The molecule has 0 bridgehead atoms. The molecule has 94 valence electrons. The van der Waals surface area contributed by atoms with Gasteiger partial charge in [-0.1, -0.05) is 13.0 Å². The molecule has 1 aromatic carbocycles. The van der Waals surface area contributed by atoms with Crippen LogP contribution < -0.4 is 10.1 Å². The molecule has 17 heavy (non-hydrogen) atoms. The fourth-order valence-electron chi connectivity index (χ4n) is 2.07. The first kappa shape index (κ1) is 12.2. The lowest BCUT2D eigenvalue weighted by Gasteiger charge is -2.20. The van der Waals surface area contributed by atoms with Gasteiger partial charge >= 0.3 is 0 Å². The van der Waals surface area contributed by atoms with E-state index in [-0.39, 0.29) is 0 Å². The van der Waals surface area contributed by atoms with Crippen molar-refractivity contribution < 1.29 is 9.47 Å². The third-order valence-electron chi connectivity index (χ3n) is 2.89. The van der Waals surface area contributed by atoms with Gasteiger partial charge in [0.05, 0.1) is 6.61 Å². The van der Waals surface area contributed by atoms with E-state index < -0.39 is 0 Å². The number of benzene rings is 1. The minimum absolute atomic E-state index is 0.635. The quantitative estimate of drug-likeness (QED) is 0.769. The molecule has 3 nitrogen and oxygen atoms in total. The van der Waals surface area contributed by atoms with E-state index in [4.69, 9.17) is 9.47 Å². The van der Waals surface area contributed by atoms with E-state index in [1.165, 1.54) is 17.7 Å². The van der Waals surface area contributed by atoms with Crippen LogP contribution in [0.15, 0.2) is 18.2 Å². The first-order valence-corrected chi connectivity index (χ1v) is 6.48. The number of fused-ring (bicyclic) bond motifs is 1. The highest BCUT2D eigenvalue weighted by Gasteiger charge is 2.12. The van der Waals surface area contributed by atoms with E-state index in [1.807, 2.05) is 12.1 Å². The monoisotopic (exact) mass is 235 g/mol. The van der Waals surface area contributed by atoms with Crippen molar-refractivity contribution in [2.45, 2.75) is 26.2 Å². The number of anilines is 1. The van der Waals surface area contributed by atoms with E-state index in [0.717, 1.165) is 31.7 Å². The molecule has 1 heterocycles. The second-order valence-electron chi connectivity index (χ2n) is 4.27. The molecule has 1 aromatic rings. The summed E-state index contributed by atoms with van der Waals surface area (Å²) in [6, 6.07) is 6.21. The van der Waals surface area contributed by atoms with Crippen molar-refractivity contribution in [2.24, 2.45) is 0 Å². The maximum Gasteiger partial charge on any atom is 0.124 e. The van der Waals surface area contributed by atoms with Crippen LogP contribution in [0.5, 0.6) is 5.75 Å². The third kappa shape index (κ3) is 3.37. The highest BCUT2D eigenvalue weighted by Crippen LogP contribution is 2.30. The SMILES string of the molecule is CCCOCCOc1cccc2c1CCCN2. The molecule has 1 N–H and O–H groups in total. The summed E-state index contributed by atoms with van der Waals surface area (Å²) < 4.78 is 11.2. The molecule has 0 fully saturated rings. The van der Waals surface area contributed by atoms with Crippen molar-refractivity contribution in [2.75, 3.05) is 31.7 Å². The van der Waals surface area contributed by atoms with Crippen molar-refractivity contribution >= 4 is 5.69 Å². The van der Waals surface area contributed by atoms with Crippen molar-refractivity contribution in [1.82, 2.24) is 0 Å². The lowest BCUT2D eigenvalue weighted by Crippen LogP contribution is -2.14. The zero-order valence-corrected chi connectivity index (χ0v) is 10.5. The van der Waals surface area contributed by atoms with E-state index >= 15 is 0 Å². The predicted molar refractivity (Wildman–Crippen MR) is 69.9 cm³/mol. The van der Waals surface area contributed by atoms with Crippen LogP contribution in [0.1, 0.15) is 25.3 Å². The first-order chi connectivity index (χ1) is 8.42. The number of nitrogens with one attached hydrogen (secondary N) is 1. The third-order valence-corrected chi connectivity index (χ3v) is 2.89. The summed E-state index contributed by atoms with van der Waals surface area (Å²) in [7, 11) is 0. The molecule has 0 saturated carbocycles. The molecule has 0 atom stereocenters. The van der Waals surface area contributed by atoms with Gasteiger partial charge in [-0.05, 0) is 31.4 Å². The lowest BCUT2D eigenvalue weighted by molar-refractivity contribution is 0.100. The average molecular weight is 235 g/mol. The molecule has 0 amide bonds. The van der Waals surface area contributed by atoms with Gasteiger partial charge < -0.3 is 14.8 Å². The number of ether oxygens (including phenoxy) is 2. The zero-order valence-electron chi connectivity index (χ0n) is 10.5. The molecular formula is C14H21NO2. The maximum atomic E-state index is 5.79. The average Bonchev–Trinajstić information content (AvgIpc) is 2.39. The first-order valence-electron chi connectivity index (χ1n) is 6.48. The van der Waals surface area contributed by atoms with E-state index in [1.54, 1.807) is 0 Å². The van der Waals surface area contributed by atoms with Gasteiger partial charge in [-0.2, -0.15) is 0 Å². The Morgan fingerprint density at radius 3 is 3.06 bits per heavy atom. The fourth-order valence-corrected chi connectivity index (χ4v) is 2.07. The van der Waals surface area contributed by atoms with Crippen LogP contribution in [-0.2, 0) is 11.2 Å². The van der Waals surface area contributed by atoms with E-state index in [9.17, 15) is 0 Å². The molecule has 2 rings (SSSR count). The van der Waals surface area contributed by atoms with Crippen LogP contribution in [0.25, 0.3) is 0 Å². The molecule has 0 unspecified atom stereocenters. The Morgan fingerprint density at radius 1 is 1.24 bits per heavy atom. The second kappa shape index (κ2) is 6.50. The Kier molecular flexibility index (Phi) is 4.68. The van der Waals surface area contributed by atoms with E-state index in [0.29, 0.717) is 13.2 Å². The summed E-state index contributed by atoms with van der Waals surface area (Å²) >= 11 is 0. The van der Waals surface area contributed by atoms with Crippen LogP contribution in [0.3, 0.4) is 0 Å². The summed E-state index contributed by atoms with van der Waals surface area (Å²) in [5.74, 6) is 1.01. The topological polar surface area (TPSA) is 30.5 Å².